The fourth-order valence-electron chi connectivity index (χ4n) is 5.85. The highest BCUT2D eigenvalue weighted by Crippen LogP contribution is 2.54. The molecular formula is C29H36N2O2. The SMILES string of the molecule is CC/C(=N\c1ccccc1C)C1Cc2cc3c4c(c2OC1=O)C(C)(C)CCN4CCC3(C)C. The van der Waals surface area contributed by atoms with Crippen LogP contribution in [0.4, 0.5) is 11.4 Å². The summed E-state index contributed by atoms with van der Waals surface area (Å²) in [6.07, 6.45) is 3.62. The van der Waals surface area contributed by atoms with Gasteiger partial charge in [-0.05, 0) is 72.3 Å². The van der Waals surface area contributed by atoms with Gasteiger partial charge in [-0.25, -0.2) is 0 Å². The van der Waals surface area contributed by atoms with Crippen LogP contribution in [0.25, 0.3) is 0 Å². The van der Waals surface area contributed by atoms with E-state index in [1.165, 1.54) is 22.4 Å². The first kappa shape index (κ1) is 22.2. The number of hydrogen-bond donors (Lipinski definition) is 0. The van der Waals surface area contributed by atoms with E-state index in [1.54, 1.807) is 0 Å². The molecule has 0 fully saturated rings. The summed E-state index contributed by atoms with van der Waals surface area (Å²) in [5.74, 6) is 0.339. The topological polar surface area (TPSA) is 41.9 Å². The molecule has 4 heteroatoms. The van der Waals surface area contributed by atoms with Crippen molar-refractivity contribution >= 4 is 23.1 Å². The number of benzene rings is 2. The van der Waals surface area contributed by atoms with Gasteiger partial charge >= 0.3 is 5.97 Å². The number of carbonyl (C=O) groups is 1. The molecule has 174 valence electrons. The number of carbonyl (C=O) groups excluding carboxylic acids is 1. The lowest BCUT2D eigenvalue weighted by molar-refractivity contribution is -0.137. The Morgan fingerprint density at radius 2 is 1.82 bits per heavy atom. The Morgan fingerprint density at radius 3 is 2.52 bits per heavy atom. The van der Waals surface area contributed by atoms with E-state index in [9.17, 15) is 4.79 Å². The number of ether oxygens (including phenoxy) is 1. The van der Waals surface area contributed by atoms with Gasteiger partial charge in [0.15, 0.2) is 0 Å². The van der Waals surface area contributed by atoms with E-state index in [1.807, 2.05) is 18.2 Å². The second-order valence-corrected chi connectivity index (χ2v) is 11.3. The standard InChI is InChI=1S/C29H36N2O2/c1-7-22(30-23-11-9-8-10-18(23)2)20-16-19-17-21-25-24(26(19)33-27(20)32)29(5,6)13-15-31(25)14-12-28(21,3)4/h8-11,17,20H,7,12-16H2,1-6H3/b30-22+. The summed E-state index contributed by atoms with van der Waals surface area (Å²) in [5, 5.41) is 0. The zero-order valence-corrected chi connectivity index (χ0v) is 20.9. The summed E-state index contributed by atoms with van der Waals surface area (Å²) in [6, 6.07) is 10.5. The van der Waals surface area contributed by atoms with Crippen LogP contribution in [0.5, 0.6) is 5.75 Å². The Labute approximate surface area is 198 Å². The van der Waals surface area contributed by atoms with E-state index in [0.29, 0.717) is 6.42 Å². The van der Waals surface area contributed by atoms with Gasteiger partial charge in [0.1, 0.15) is 5.75 Å². The summed E-state index contributed by atoms with van der Waals surface area (Å²) in [4.78, 5) is 20.9. The van der Waals surface area contributed by atoms with Gasteiger partial charge in [0.25, 0.3) is 0 Å². The molecule has 1 unspecified atom stereocenters. The molecule has 0 saturated carbocycles. The van der Waals surface area contributed by atoms with Crippen molar-refractivity contribution in [2.24, 2.45) is 10.9 Å². The van der Waals surface area contributed by atoms with Crippen LogP contribution in [0.15, 0.2) is 35.3 Å². The van der Waals surface area contributed by atoms with E-state index in [0.717, 1.165) is 55.1 Å². The van der Waals surface area contributed by atoms with E-state index in [4.69, 9.17) is 9.73 Å². The van der Waals surface area contributed by atoms with Gasteiger partial charge in [-0.2, -0.15) is 0 Å². The molecule has 0 spiro atoms. The van der Waals surface area contributed by atoms with Gasteiger partial charge in [-0.15, -0.1) is 0 Å². The quantitative estimate of drug-likeness (QED) is 0.311. The molecule has 0 aromatic heterocycles. The molecule has 4 nitrogen and oxygen atoms in total. The maximum absolute atomic E-state index is 13.4. The number of anilines is 1. The molecule has 3 aliphatic rings. The lowest BCUT2D eigenvalue weighted by atomic mass is 9.68. The van der Waals surface area contributed by atoms with Crippen molar-refractivity contribution in [2.45, 2.75) is 78.1 Å². The third-order valence-electron chi connectivity index (χ3n) is 8.12. The minimum atomic E-state index is -0.332. The van der Waals surface area contributed by atoms with Crippen LogP contribution < -0.4 is 9.64 Å². The molecule has 2 aromatic carbocycles. The largest absolute Gasteiger partial charge is 0.425 e. The molecule has 0 radical (unpaired) electrons. The Morgan fingerprint density at radius 1 is 1.12 bits per heavy atom. The highest BCUT2D eigenvalue weighted by molar-refractivity contribution is 6.05. The van der Waals surface area contributed by atoms with Crippen molar-refractivity contribution in [1.82, 2.24) is 0 Å². The molecule has 1 atom stereocenters. The molecule has 5 rings (SSSR count). The van der Waals surface area contributed by atoms with E-state index < -0.39 is 0 Å². The fourth-order valence-corrected chi connectivity index (χ4v) is 5.85. The first-order valence-electron chi connectivity index (χ1n) is 12.4. The van der Waals surface area contributed by atoms with Gasteiger partial charge in [0, 0.05) is 30.1 Å². The van der Waals surface area contributed by atoms with Crippen molar-refractivity contribution in [3.05, 3.63) is 52.6 Å². The van der Waals surface area contributed by atoms with Crippen LogP contribution in [0.2, 0.25) is 0 Å². The highest BCUT2D eigenvalue weighted by Gasteiger charge is 2.45. The molecule has 33 heavy (non-hydrogen) atoms. The molecule has 2 aromatic rings. The molecule has 0 amide bonds. The number of esters is 1. The Hall–Kier alpha value is -2.62. The number of fused-ring (bicyclic) bond motifs is 2. The monoisotopic (exact) mass is 444 g/mol. The van der Waals surface area contributed by atoms with Gasteiger partial charge in [0.05, 0.1) is 11.6 Å². The summed E-state index contributed by atoms with van der Waals surface area (Å²) in [5.41, 5.74) is 8.22. The van der Waals surface area contributed by atoms with Gasteiger partial charge in [-0.1, -0.05) is 52.8 Å². The molecule has 0 aliphatic carbocycles. The summed E-state index contributed by atoms with van der Waals surface area (Å²) in [6.45, 7) is 15.6. The molecule has 0 N–H and O–H groups in total. The predicted octanol–water partition coefficient (Wildman–Crippen LogP) is 6.42. The second kappa shape index (κ2) is 7.72. The van der Waals surface area contributed by atoms with Crippen molar-refractivity contribution in [3.63, 3.8) is 0 Å². The van der Waals surface area contributed by atoms with Crippen molar-refractivity contribution < 1.29 is 9.53 Å². The van der Waals surface area contributed by atoms with Gasteiger partial charge in [0.2, 0.25) is 0 Å². The average molecular weight is 445 g/mol. The normalized spacial score (nSPS) is 23.0. The minimum Gasteiger partial charge on any atom is -0.425 e. The Kier molecular flexibility index (Phi) is 5.19. The van der Waals surface area contributed by atoms with Crippen LogP contribution in [0.3, 0.4) is 0 Å². The van der Waals surface area contributed by atoms with Gasteiger partial charge < -0.3 is 9.64 Å². The first-order chi connectivity index (χ1) is 15.6. The van der Waals surface area contributed by atoms with Crippen LogP contribution >= 0.6 is 0 Å². The molecule has 3 aliphatic heterocycles. The summed E-state index contributed by atoms with van der Waals surface area (Å²) >= 11 is 0. The first-order valence-corrected chi connectivity index (χ1v) is 12.4. The van der Waals surface area contributed by atoms with Crippen molar-refractivity contribution in [2.75, 3.05) is 18.0 Å². The highest BCUT2D eigenvalue weighted by atomic mass is 16.5. The fraction of sp³-hybridized carbons (Fsp3) is 0.517. The predicted molar refractivity (Wildman–Crippen MR) is 135 cm³/mol. The Balaban J connectivity index is 1.64. The zero-order chi connectivity index (χ0) is 23.5. The van der Waals surface area contributed by atoms with Crippen LogP contribution in [-0.4, -0.2) is 24.8 Å². The maximum Gasteiger partial charge on any atom is 0.320 e. The zero-order valence-electron chi connectivity index (χ0n) is 20.9. The number of aliphatic imine (C=N–C) groups is 1. The Bertz CT molecular complexity index is 1160. The van der Waals surface area contributed by atoms with Crippen LogP contribution in [-0.2, 0) is 22.0 Å². The van der Waals surface area contributed by atoms with Gasteiger partial charge in [-0.3, -0.25) is 9.79 Å². The van der Waals surface area contributed by atoms with Crippen LogP contribution in [0, 0.1) is 12.8 Å². The lowest BCUT2D eigenvalue weighted by Gasteiger charge is -2.49. The van der Waals surface area contributed by atoms with Crippen molar-refractivity contribution in [1.29, 1.82) is 0 Å². The number of hydrogen-bond acceptors (Lipinski definition) is 4. The molecule has 0 bridgehead atoms. The summed E-state index contributed by atoms with van der Waals surface area (Å²) in [7, 11) is 0. The van der Waals surface area contributed by atoms with Crippen molar-refractivity contribution in [3.8, 4) is 5.75 Å². The van der Waals surface area contributed by atoms with Crippen LogP contribution in [0.1, 0.15) is 76.1 Å². The summed E-state index contributed by atoms with van der Waals surface area (Å²) < 4.78 is 6.22. The molecule has 0 saturated heterocycles. The number of nitrogens with zero attached hydrogens (tertiary/aromatic N) is 2. The average Bonchev–Trinajstić information content (AvgIpc) is 2.76. The molecule has 3 heterocycles. The third-order valence-corrected chi connectivity index (χ3v) is 8.12. The second-order valence-electron chi connectivity index (χ2n) is 11.3. The van der Waals surface area contributed by atoms with E-state index >= 15 is 0 Å². The number of para-hydroxylation sites is 1. The van der Waals surface area contributed by atoms with E-state index in [-0.39, 0.29) is 22.7 Å². The minimum absolute atomic E-state index is 0.0186. The number of aryl methyl sites for hydroxylation is 1. The number of rotatable bonds is 3. The lowest BCUT2D eigenvalue weighted by Crippen LogP contribution is -2.46. The smallest absolute Gasteiger partial charge is 0.320 e. The van der Waals surface area contributed by atoms with E-state index in [2.05, 4.69) is 58.6 Å². The maximum atomic E-state index is 13.4. The third kappa shape index (κ3) is 3.59. The molecular weight excluding hydrogens is 408 g/mol.